The first kappa shape index (κ1) is 9.77. The molecule has 5 heteroatoms. The fraction of sp³-hybridized carbons (Fsp3) is 0.857. The molecule has 0 aromatic heterocycles. The summed E-state index contributed by atoms with van der Waals surface area (Å²) < 4.78 is 5.12. The zero-order valence-corrected chi connectivity index (χ0v) is 7.60. The lowest BCUT2D eigenvalue weighted by Crippen LogP contribution is -2.59. The maximum absolute atomic E-state index is 11.2. The number of halogens is 1. The monoisotopic (exact) mass is 192 g/mol. The summed E-state index contributed by atoms with van der Waals surface area (Å²) in [4.78, 5) is 13.1. The number of rotatable bonds is 0. The van der Waals surface area contributed by atoms with Gasteiger partial charge in [0, 0.05) is 19.6 Å². The van der Waals surface area contributed by atoms with Crippen LogP contribution < -0.4 is 5.32 Å². The van der Waals surface area contributed by atoms with E-state index in [9.17, 15) is 4.79 Å². The largest absolute Gasteiger partial charge is 0.369 e. The Labute approximate surface area is 77.7 Å². The number of nitrogens with one attached hydrogen (secondary N) is 1. The number of nitrogens with zero attached hydrogens (tertiary/aromatic N) is 1. The second-order valence-electron chi connectivity index (χ2n) is 2.96. The summed E-state index contributed by atoms with van der Waals surface area (Å²) in [5.41, 5.74) is 0. The molecule has 2 aliphatic heterocycles. The first-order valence-electron chi connectivity index (χ1n) is 3.96. The molecule has 0 radical (unpaired) electrons. The van der Waals surface area contributed by atoms with E-state index in [2.05, 4.69) is 5.32 Å². The van der Waals surface area contributed by atoms with E-state index in [1.807, 2.05) is 4.90 Å². The van der Waals surface area contributed by atoms with Crippen LogP contribution in [-0.4, -0.2) is 49.7 Å². The molecule has 2 fully saturated rings. The lowest BCUT2D eigenvalue weighted by molar-refractivity contribution is -0.149. The Morgan fingerprint density at radius 2 is 2.42 bits per heavy atom. The Kier molecular flexibility index (Phi) is 3.31. The van der Waals surface area contributed by atoms with Crippen molar-refractivity contribution in [2.75, 3.05) is 32.8 Å². The van der Waals surface area contributed by atoms with Crippen molar-refractivity contribution in [3.8, 4) is 0 Å². The molecule has 12 heavy (non-hydrogen) atoms. The first-order chi connectivity index (χ1) is 5.38. The zero-order valence-electron chi connectivity index (χ0n) is 6.78. The fourth-order valence-corrected chi connectivity index (χ4v) is 1.60. The van der Waals surface area contributed by atoms with Crippen molar-refractivity contribution in [1.29, 1.82) is 0 Å². The maximum Gasteiger partial charge on any atom is 0.248 e. The van der Waals surface area contributed by atoms with Gasteiger partial charge in [-0.15, -0.1) is 12.4 Å². The van der Waals surface area contributed by atoms with Crippen LogP contribution in [0.5, 0.6) is 0 Å². The predicted octanol–water partition coefficient (Wildman–Crippen LogP) is -0.761. The molecule has 0 bridgehead atoms. The number of hydrogen-bond acceptors (Lipinski definition) is 3. The van der Waals surface area contributed by atoms with Crippen LogP contribution in [0, 0.1) is 0 Å². The Hall–Kier alpha value is -0.320. The highest BCUT2D eigenvalue weighted by Crippen LogP contribution is 2.09. The molecule has 1 amide bonds. The van der Waals surface area contributed by atoms with Crippen molar-refractivity contribution in [1.82, 2.24) is 10.2 Å². The second-order valence-corrected chi connectivity index (χ2v) is 2.96. The topological polar surface area (TPSA) is 41.6 Å². The van der Waals surface area contributed by atoms with E-state index >= 15 is 0 Å². The van der Waals surface area contributed by atoms with E-state index in [-0.39, 0.29) is 31.0 Å². The van der Waals surface area contributed by atoms with Crippen LogP contribution in [0.4, 0.5) is 0 Å². The molecule has 2 heterocycles. The standard InChI is InChI=1S/C7H12N2O2.ClH/c10-7-5-11-4-6-3-8-1-2-9(6)7;/h6,8H,1-5H2;1H/t6-;/m0./s1. The minimum atomic E-state index is 0. The van der Waals surface area contributed by atoms with Gasteiger partial charge in [-0.25, -0.2) is 0 Å². The molecule has 70 valence electrons. The summed E-state index contributed by atoms with van der Waals surface area (Å²) in [5.74, 6) is 0.141. The lowest BCUT2D eigenvalue weighted by Gasteiger charge is -2.39. The normalized spacial score (nSPS) is 29.2. The number of carbonyl (C=O) groups is 1. The molecule has 0 saturated carbocycles. The van der Waals surface area contributed by atoms with Gasteiger partial charge in [-0.1, -0.05) is 0 Å². The summed E-state index contributed by atoms with van der Waals surface area (Å²) in [6.45, 7) is 3.61. The highest BCUT2D eigenvalue weighted by atomic mass is 35.5. The fourth-order valence-electron chi connectivity index (χ4n) is 1.60. The molecule has 1 atom stereocenters. The van der Waals surface area contributed by atoms with Crippen LogP contribution in [0.25, 0.3) is 0 Å². The summed E-state index contributed by atoms with van der Waals surface area (Å²) in [6.07, 6.45) is 0. The first-order valence-corrected chi connectivity index (χ1v) is 3.96. The molecule has 0 unspecified atom stereocenters. The molecular weight excluding hydrogens is 180 g/mol. The molecule has 2 aliphatic rings. The van der Waals surface area contributed by atoms with Gasteiger partial charge in [-0.05, 0) is 0 Å². The van der Waals surface area contributed by atoms with Crippen molar-refractivity contribution in [2.24, 2.45) is 0 Å². The van der Waals surface area contributed by atoms with Crippen molar-refractivity contribution < 1.29 is 9.53 Å². The van der Waals surface area contributed by atoms with Gasteiger partial charge >= 0.3 is 0 Å². The zero-order chi connectivity index (χ0) is 7.68. The van der Waals surface area contributed by atoms with Gasteiger partial charge in [0.2, 0.25) is 5.91 Å². The van der Waals surface area contributed by atoms with Crippen LogP contribution in [-0.2, 0) is 9.53 Å². The van der Waals surface area contributed by atoms with E-state index < -0.39 is 0 Å². The van der Waals surface area contributed by atoms with Gasteiger partial charge in [0.1, 0.15) is 6.61 Å². The number of amides is 1. The highest BCUT2D eigenvalue weighted by molar-refractivity contribution is 5.85. The van der Waals surface area contributed by atoms with E-state index in [1.165, 1.54) is 0 Å². The summed E-state index contributed by atoms with van der Waals surface area (Å²) in [6, 6.07) is 0.282. The maximum atomic E-state index is 11.2. The Morgan fingerprint density at radius 1 is 1.58 bits per heavy atom. The average molecular weight is 193 g/mol. The van der Waals surface area contributed by atoms with Crippen molar-refractivity contribution >= 4 is 18.3 Å². The van der Waals surface area contributed by atoms with Gasteiger partial charge in [0.15, 0.2) is 0 Å². The van der Waals surface area contributed by atoms with Gasteiger partial charge in [0.25, 0.3) is 0 Å². The molecule has 2 rings (SSSR count). The smallest absolute Gasteiger partial charge is 0.248 e. The summed E-state index contributed by atoms with van der Waals surface area (Å²) >= 11 is 0. The quantitative estimate of drug-likeness (QED) is 0.549. The minimum absolute atomic E-state index is 0. The molecule has 0 aromatic carbocycles. The van der Waals surface area contributed by atoms with Crippen LogP contribution in [0.1, 0.15) is 0 Å². The van der Waals surface area contributed by atoms with E-state index in [0.717, 1.165) is 19.6 Å². The van der Waals surface area contributed by atoms with E-state index in [0.29, 0.717) is 6.61 Å². The van der Waals surface area contributed by atoms with E-state index in [1.54, 1.807) is 0 Å². The Bertz CT molecular complexity index is 175. The van der Waals surface area contributed by atoms with Crippen LogP contribution >= 0.6 is 12.4 Å². The number of piperazine rings is 1. The molecular formula is C7H13ClN2O2. The predicted molar refractivity (Wildman–Crippen MR) is 46.4 cm³/mol. The third-order valence-corrected chi connectivity index (χ3v) is 2.21. The Balaban J connectivity index is 0.000000720. The van der Waals surface area contributed by atoms with Gasteiger partial charge in [0.05, 0.1) is 12.6 Å². The van der Waals surface area contributed by atoms with Crippen molar-refractivity contribution in [3.63, 3.8) is 0 Å². The third-order valence-electron chi connectivity index (χ3n) is 2.21. The van der Waals surface area contributed by atoms with Crippen LogP contribution in [0.3, 0.4) is 0 Å². The molecule has 0 spiro atoms. The van der Waals surface area contributed by atoms with Gasteiger partial charge < -0.3 is 15.0 Å². The minimum Gasteiger partial charge on any atom is -0.369 e. The molecule has 4 nitrogen and oxygen atoms in total. The van der Waals surface area contributed by atoms with Gasteiger partial charge in [-0.3, -0.25) is 4.79 Å². The third kappa shape index (κ3) is 1.71. The SMILES string of the molecule is Cl.O=C1COC[C@@H]2CNCCN12. The van der Waals surface area contributed by atoms with Crippen LogP contribution in [0.2, 0.25) is 0 Å². The number of carbonyl (C=O) groups excluding carboxylic acids is 1. The number of morpholine rings is 1. The summed E-state index contributed by atoms with van der Waals surface area (Å²) in [7, 11) is 0. The summed E-state index contributed by atoms with van der Waals surface area (Å²) in [5, 5.41) is 3.23. The van der Waals surface area contributed by atoms with Crippen molar-refractivity contribution in [2.45, 2.75) is 6.04 Å². The van der Waals surface area contributed by atoms with Crippen molar-refractivity contribution in [3.05, 3.63) is 0 Å². The van der Waals surface area contributed by atoms with E-state index in [4.69, 9.17) is 4.74 Å². The average Bonchev–Trinajstić information content (AvgIpc) is 2.06. The molecule has 1 N–H and O–H groups in total. The van der Waals surface area contributed by atoms with Crippen LogP contribution in [0.15, 0.2) is 0 Å². The molecule has 0 aromatic rings. The number of ether oxygens (including phenoxy) is 1. The highest BCUT2D eigenvalue weighted by Gasteiger charge is 2.30. The lowest BCUT2D eigenvalue weighted by atomic mass is 10.2. The molecule has 2 saturated heterocycles. The molecule has 0 aliphatic carbocycles. The second kappa shape index (κ2) is 4.07. The van der Waals surface area contributed by atoms with Gasteiger partial charge in [-0.2, -0.15) is 0 Å². The number of hydrogen-bond donors (Lipinski definition) is 1. The Morgan fingerprint density at radius 3 is 3.17 bits per heavy atom. The number of fused-ring (bicyclic) bond motifs is 1.